The molecule has 0 spiro atoms. The summed E-state index contributed by atoms with van der Waals surface area (Å²) >= 11 is 0. The van der Waals surface area contributed by atoms with Crippen LogP contribution in [-0.2, 0) is 19.1 Å². The van der Waals surface area contributed by atoms with E-state index in [-0.39, 0.29) is 6.61 Å². The second-order valence-electron chi connectivity index (χ2n) is 2.61. The van der Waals surface area contributed by atoms with Gasteiger partial charge in [-0.15, -0.1) is 6.58 Å². The average molecular weight is 218 g/mol. The Balaban J connectivity index is 5.06. The van der Waals surface area contributed by atoms with Gasteiger partial charge >= 0.3 is 17.9 Å². The maximum Gasteiger partial charge on any atom is 0.348 e. The van der Waals surface area contributed by atoms with Crippen molar-refractivity contribution in [1.29, 1.82) is 0 Å². The van der Waals surface area contributed by atoms with Crippen LogP contribution in [0.4, 0.5) is 0 Å². The SMILES string of the molecule is C=CCOC(CC(=O)O)(C(=O)O)C(=O)O. The van der Waals surface area contributed by atoms with Crippen LogP contribution in [0.25, 0.3) is 0 Å². The van der Waals surface area contributed by atoms with Crippen LogP contribution in [0.15, 0.2) is 12.7 Å². The molecule has 0 fully saturated rings. The van der Waals surface area contributed by atoms with Crippen LogP contribution < -0.4 is 0 Å². The number of carbonyl (C=O) groups is 3. The van der Waals surface area contributed by atoms with Crippen molar-refractivity contribution in [3.63, 3.8) is 0 Å². The molecule has 0 saturated heterocycles. The standard InChI is InChI=1S/C8H10O7/c1-2-3-15-8(6(11)12,7(13)14)4-5(9)10/h2H,1,3-4H2,(H,9,10)(H,11,12)(H,13,14). The summed E-state index contributed by atoms with van der Waals surface area (Å²) in [7, 11) is 0. The lowest BCUT2D eigenvalue weighted by Gasteiger charge is -2.22. The molecule has 0 aromatic carbocycles. The summed E-state index contributed by atoms with van der Waals surface area (Å²) in [5.74, 6) is -5.30. The first-order valence-corrected chi connectivity index (χ1v) is 3.80. The minimum atomic E-state index is -2.76. The van der Waals surface area contributed by atoms with E-state index in [4.69, 9.17) is 15.3 Å². The first-order chi connectivity index (χ1) is 6.86. The molecule has 0 aromatic rings. The van der Waals surface area contributed by atoms with Crippen LogP contribution in [0.2, 0.25) is 0 Å². The molecule has 0 rings (SSSR count). The lowest BCUT2D eigenvalue weighted by Crippen LogP contribution is -2.50. The lowest BCUT2D eigenvalue weighted by atomic mass is 10.00. The van der Waals surface area contributed by atoms with Gasteiger partial charge in [0.25, 0.3) is 5.60 Å². The van der Waals surface area contributed by atoms with Crippen molar-refractivity contribution in [3.05, 3.63) is 12.7 Å². The maximum absolute atomic E-state index is 10.7. The van der Waals surface area contributed by atoms with Crippen LogP contribution >= 0.6 is 0 Å². The molecule has 7 nitrogen and oxygen atoms in total. The average Bonchev–Trinajstić information content (AvgIpc) is 2.10. The molecule has 0 aliphatic rings. The van der Waals surface area contributed by atoms with Crippen LogP contribution in [0, 0.1) is 0 Å². The summed E-state index contributed by atoms with van der Waals surface area (Å²) in [6, 6.07) is 0. The quantitative estimate of drug-likeness (QED) is 0.391. The number of hydrogen-bond donors (Lipinski definition) is 3. The Morgan fingerprint density at radius 2 is 1.67 bits per heavy atom. The van der Waals surface area contributed by atoms with Crippen molar-refractivity contribution in [1.82, 2.24) is 0 Å². The number of hydrogen-bond acceptors (Lipinski definition) is 4. The summed E-state index contributed by atoms with van der Waals surface area (Å²) in [6.45, 7) is 2.83. The molecule has 7 heteroatoms. The van der Waals surface area contributed by atoms with Crippen molar-refractivity contribution in [2.45, 2.75) is 12.0 Å². The van der Waals surface area contributed by atoms with E-state index < -0.39 is 29.9 Å². The molecule has 0 aromatic heterocycles. The van der Waals surface area contributed by atoms with E-state index in [1.165, 1.54) is 0 Å². The zero-order valence-corrected chi connectivity index (χ0v) is 7.67. The highest BCUT2D eigenvalue weighted by Crippen LogP contribution is 2.17. The molecule has 0 radical (unpaired) electrons. The topological polar surface area (TPSA) is 121 Å². The fraction of sp³-hybridized carbons (Fsp3) is 0.375. The van der Waals surface area contributed by atoms with Crippen molar-refractivity contribution < 1.29 is 34.4 Å². The highest BCUT2D eigenvalue weighted by molar-refractivity contribution is 6.04. The van der Waals surface area contributed by atoms with Gasteiger partial charge in [0.2, 0.25) is 0 Å². The van der Waals surface area contributed by atoms with Crippen molar-refractivity contribution in [3.8, 4) is 0 Å². The normalized spacial score (nSPS) is 10.7. The highest BCUT2D eigenvalue weighted by Gasteiger charge is 2.50. The molecule has 0 atom stereocenters. The Kier molecular flexibility index (Phi) is 4.46. The van der Waals surface area contributed by atoms with Gasteiger partial charge in [-0.2, -0.15) is 0 Å². The van der Waals surface area contributed by atoms with E-state index in [0.29, 0.717) is 0 Å². The van der Waals surface area contributed by atoms with Gasteiger partial charge in [0.1, 0.15) is 0 Å². The van der Waals surface area contributed by atoms with E-state index in [9.17, 15) is 14.4 Å². The van der Waals surface area contributed by atoms with Gasteiger partial charge in [-0.1, -0.05) is 6.08 Å². The van der Waals surface area contributed by atoms with Crippen molar-refractivity contribution >= 4 is 17.9 Å². The first kappa shape index (κ1) is 13.1. The predicted molar refractivity (Wildman–Crippen MR) is 46.4 cm³/mol. The molecule has 0 amide bonds. The van der Waals surface area contributed by atoms with Gasteiger partial charge in [0.15, 0.2) is 0 Å². The summed E-state index contributed by atoms with van der Waals surface area (Å²) in [5, 5.41) is 25.7. The minimum Gasteiger partial charge on any atom is -0.481 e. The zero-order valence-electron chi connectivity index (χ0n) is 7.67. The smallest absolute Gasteiger partial charge is 0.348 e. The third-order valence-corrected chi connectivity index (χ3v) is 1.54. The maximum atomic E-state index is 10.7. The highest BCUT2D eigenvalue weighted by atomic mass is 16.6. The summed E-state index contributed by atoms with van der Waals surface area (Å²) in [5.41, 5.74) is -2.76. The van der Waals surface area contributed by atoms with Gasteiger partial charge in [0, 0.05) is 0 Å². The predicted octanol–water partition coefficient (Wildman–Crippen LogP) is -0.428. The van der Waals surface area contributed by atoms with Crippen molar-refractivity contribution in [2.24, 2.45) is 0 Å². The van der Waals surface area contributed by atoms with Gasteiger partial charge in [-0.3, -0.25) is 4.79 Å². The number of carboxylic acids is 3. The molecule has 0 unspecified atom stereocenters. The Morgan fingerprint density at radius 1 is 1.20 bits per heavy atom. The second-order valence-corrected chi connectivity index (χ2v) is 2.61. The first-order valence-electron chi connectivity index (χ1n) is 3.80. The van der Waals surface area contributed by atoms with E-state index in [2.05, 4.69) is 11.3 Å². The molecule has 0 aliphatic carbocycles. The van der Waals surface area contributed by atoms with Crippen molar-refractivity contribution in [2.75, 3.05) is 6.61 Å². The van der Waals surface area contributed by atoms with Gasteiger partial charge in [0.05, 0.1) is 13.0 Å². The Hall–Kier alpha value is -1.89. The minimum absolute atomic E-state index is 0.369. The summed E-state index contributed by atoms with van der Waals surface area (Å²) < 4.78 is 4.51. The third kappa shape index (κ3) is 3.06. The second kappa shape index (κ2) is 5.11. The van der Waals surface area contributed by atoms with Crippen LogP contribution in [0.3, 0.4) is 0 Å². The monoisotopic (exact) mass is 218 g/mol. The number of aliphatic carboxylic acids is 3. The van der Waals surface area contributed by atoms with Gasteiger partial charge in [-0.05, 0) is 0 Å². The Labute approximate surface area is 84.6 Å². The van der Waals surface area contributed by atoms with E-state index in [0.717, 1.165) is 6.08 Å². The molecule has 0 bridgehead atoms. The van der Waals surface area contributed by atoms with Crippen LogP contribution in [0.5, 0.6) is 0 Å². The molecule has 15 heavy (non-hydrogen) atoms. The van der Waals surface area contributed by atoms with Gasteiger partial charge < -0.3 is 20.1 Å². The lowest BCUT2D eigenvalue weighted by molar-refractivity contribution is -0.186. The molecule has 3 N–H and O–H groups in total. The zero-order chi connectivity index (χ0) is 12.1. The van der Waals surface area contributed by atoms with Gasteiger partial charge in [-0.25, -0.2) is 9.59 Å². The van der Waals surface area contributed by atoms with E-state index in [1.807, 2.05) is 0 Å². The molecular weight excluding hydrogens is 208 g/mol. The Morgan fingerprint density at radius 3 is 1.93 bits per heavy atom. The number of carboxylic acid groups (broad SMARTS) is 3. The molecule has 0 saturated carbocycles. The van der Waals surface area contributed by atoms with E-state index in [1.54, 1.807) is 0 Å². The molecule has 0 heterocycles. The summed E-state index contributed by atoms with van der Waals surface area (Å²) in [6.07, 6.45) is -0.0337. The fourth-order valence-electron chi connectivity index (χ4n) is 0.831. The summed E-state index contributed by atoms with van der Waals surface area (Å²) in [4.78, 5) is 31.8. The van der Waals surface area contributed by atoms with Crippen LogP contribution in [-0.4, -0.2) is 45.4 Å². The third-order valence-electron chi connectivity index (χ3n) is 1.54. The fourth-order valence-corrected chi connectivity index (χ4v) is 0.831. The number of ether oxygens (including phenoxy) is 1. The number of rotatable bonds is 7. The molecule has 84 valence electrons. The molecular formula is C8H10O7. The Bertz CT molecular complexity index is 279. The van der Waals surface area contributed by atoms with Crippen LogP contribution in [0.1, 0.15) is 6.42 Å². The largest absolute Gasteiger partial charge is 0.481 e. The molecule has 0 aliphatic heterocycles. The van der Waals surface area contributed by atoms with E-state index >= 15 is 0 Å².